The number of rotatable bonds is 3. The molecule has 0 unspecified atom stereocenters. The molecule has 0 saturated carbocycles. The van der Waals surface area contributed by atoms with Gasteiger partial charge in [-0.2, -0.15) is 0 Å². The Morgan fingerprint density at radius 1 is 1.00 bits per heavy atom. The second kappa shape index (κ2) is 6.63. The Hall–Kier alpha value is -2.56. The molecule has 26 heavy (non-hydrogen) atoms. The van der Waals surface area contributed by atoms with Crippen LogP contribution in [0.4, 0.5) is 5.69 Å². The van der Waals surface area contributed by atoms with Gasteiger partial charge < -0.3 is 5.32 Å². The van der Waals surface area contributed by atoms with E-state index in [-0.39, 0.29) is 0 Å². The number of nitrogens with one attached hydrogen (secondary N) is 1. The van der Waals surface area contributed by atoms with Gasteiger partial charge in [0, 0.05) is 23.3 Å². The van der Waals surface area contributed by atoms with Crippen LogP contribution in [0.15, 0.2) is 54.9 Å². The molecular formula is C20H16Cl2N4. The Labute approximate surface area is 161 Å². The van der Waals surface area contributed by atoms with Gasteiger partial charge in [-0.3, -0.25) is 4.57 Å². The smallest absolute Gasteiger partial charge is 0.150 e. The molecule has 0 spiro atoms. The van der Waals surface area contributed by atoms with Gasteiger partial charge in [-0.15, -0.1) is 0 Å². The molecule has 4 aromatic rings. The van der Waals surface area contributed by atoms with Crippen molar-refractivity contribution in [2.45, 2.75) is 6.92 Å². The molecule has 6 heteroatoms. The average molecular weight is 383 g/mol. The highest BCUT2D eigenvalue weighted by atomic mass is 35.5. The molecule has 2 aromatic heterocycles. The van der Waals surface area contributed by atoms with Gasteiger partial charge in [-0.25, -0.2) is 9.97 Å². The molecule has 0 amide bonds. The maximum atomic E-state index is 6.87. The zero-order valence-electron chi connectivity index (χ0n) is 14.3. The maximum Gasteiger partial charge on any atom is 0.150 e. The fourth-order valence-corrected chi connectivity index (χ4v) is 3.65. The van der Waals surface area contributed by atoms with Crippen LogP contribution in [-0.4, -0.2) is 21.6 Å². The lowest BCUT2D eigenvalue weighted by molar-refractivity contribution is 1.06. The molecule has 4 rings (SSSR count). The number of aromatic nitrogens is 3. The third kappa shape index (κ3) is 2.71. The number of nitrogens with zero attached hydrogens (tertiary/aromatic N) is 3. The number of anilines is 1. The van der Waals surface area contributed by atoms with Crippen LogP contribution in [-0.2, 0) is 0 Å². The van der Waals surface area contributed by atoms with E-state index in [1.165, 1.54) is 0 Å². The van der Waals surface area contributed by atoms with Crippen molar-refractivity contribution in [2.75, 3.05) is 12.4 Å². The van der Waals surface area contributed by atoms with Crippen LogP contribution in [0.2, 0.25) is 10.2 Å². The van der Waals surface area contributed by atoms with E-state index >= 15 is 0 Å². The van der Waals surface area contributed by atoms with E-state index in [1.807, 2.05) is 67.1 Å². The lowest BCUT2D eigenvalue weighted by Gasteiger charge is -2.09. The van der Waals surface area contributed by atoms with Crippen LogP contribution in [0.3, 0.4) is 0 Å². The first-order valence-corrected chi connectivity index (χ1v) is 8.91. The average Bonchev–Trinajstić information content (AvgIpc) is 2.96. The zero-order valence-corrected chi connectivity index (χ0v) is 15.8. The van der Waals surface area contributed by atoms with Crippen molar-refractivity contribution in [3.8, 4) is 16.8 Å². The van der Waals surface area contributed by atoms with E-state index in [4.69, 9.17) is 23.2 Å². The van der Waals surface area contributed by atoms with Crippen molar-refractivity contribution < 1.29 is 0 Å². The van der Waals surface area contributed by atoms with E-state index in [2.05, 4.69) is 15.3 Å². The Balaban J connectivity index is 2.07. The Kier molecular flexibility index (Phi) is 4.31. The summed E-state index contributed by atoms with van der Waals surface area (Å²) >= 11 is 12.9. The van der Waals surface area contributed by atoms with E-state index in [9.17, 15) is 0 Å². The maximum absolute atomic E-state index is 6.87. The molecule has 0 radical (unpaired) electrons. The van der Waals surface area contributed by atoms with Gasteiger partial charge in [-0.05, 0) is 42.8 Å². The van der Waals surface area contributed by atoms with Crippen LogP contribution in [0.25, 0.3) is 27.8 Å². The van der Waals surface area contributed by atoms with Crippen LogP contribution < -0.4 is 5.32 Å². The summed E-state index contributed by atoms with van der Waals surface area (Å²) in [4.78, 5) is 8.89. The minimum absolute atomic E-state index is 0.596. The molecule has 130 valence electrons. The minimum Gasteiger partial charge on any atom is -0.388 e. The van der Waals surface area contributed by atoms with Gasteiger partial charge >= 0.3 is 0 Å². The number of fused-ring (bicyclic) bond motifs is 1. The number of halogens is 2. The Bertz CT molecular complexity index is 1100. The van der Waals surface area contributed by atoms with Crippen LogP contribution in [0, 0.1) is 6.92 Å². The van der Waals surface area contributed by atoms with E-state index < -0.39 is 0 Å². The summed E-state index contributed by atoms with van der Waals surface area (Å²) in [6.45, 7) is 1.97. The largest absolute Gasteiger partial charge is 0.388 e. The molecule has 2 heterocycles. The third-order valence-corrected chi connectivity index (χ3v) is 5.02. The summed E-state index contributed by atoms with van der Waals surface area (Å²) in [6, 6.07) is 15.7. The summed E-state index contributed by atoms with van der Waals surface area (Å²) in [5.41, 5.74) is 5.48. The van der Waals surface area contributed by atoms with E-state index in [0.29, 0.717) is 10.2 Å². The van der Waals surface area contributed by atoms with Gasteiger partial charge in [0.25, 0.3) is 0 Å². The quantitative estimate of drug-likeness (QED) is 0.490. The van der Waals surface area contributed by atoms with Crippen molar-refractivity contribution in [3.05, 3.63) is 70.7 Å². The van der Waals surface area contributed by atoms with Gasteiger partial charge in [0.15, 0.2) is 0 Å². The first kappa shape index (κ1) is 16.9. The molecule has 0 aliphatic heterocycles. The number of benzene rings is 2. The number of hydrogen-bond acceptors (Lipinski definition) is 3. The predicted molar refractivity (Wildman–Crippen MR) is 109 cm³/mol. The predicted octanol–water partition coefficient (Wildman–Crippen LogP) is 5.74. The molecule has 0 fully saturated rings. The second-order valence-corrected chi connectivity index (χ2v) is 6.76. The van der Waals surface area contributed by atoms with Crippen LogP contribution in [0.5, 0.6) is 0 Å². The molecular weight excluding hydrogens is 367 g/mol. The van der Waals surface area contributed by atoms with Crippen LogP contribution in [0.1, 0.15) is 5.69 Å². The highest BCUT2D eigenvalue weighted by molar-refractivity contribution is 6.35. The minimum atomic E-state index is 0.596. The summed E-state index contributed by atoms with van der Waals surface area (Å²) in [5.74, 6) is 0. The van der Waals surface area contributed by atoms with Crippen LogP contribution >= 0.6 is 23.2 Å². The Morgan fingerprint density at radius 3 is 2.50 bits per heavy atom. The molecule has 1 N–H and O–H groups in total. The van der Waals surface area contributed by atoms with Crippen molar-refractivity contribution in [2.24, 2.45) is 0 Å². The SMILES string of the molecule is CNc1cccc(-n2c(Cl)c(-c3ccc(Cl)cc3)c3c(C)ncnc32)c1. The lowest BCUT2D eigenvalue weighted by atomic mass is 10.1. The molecule has 0 saturated heterocycles. The first-order valence-electron chi connectivity index (χ1n) is 8.16. The molecule has 0 aliphatic rings. The fourth-order valence-electron chi connectivity index (χ4n) is 3.15. The van der Waals surface area contributed by atoms with Crippen molar-refractivity contribution in [1.82, 2.24) is 14.5 Å². The van der Waals surface area contributed by atoms with Crippen molar-refractivity contribution in [3.63, 3.8) is 0 Å². The monoisotopic (exact) mass is 382 g/mol. The fraction of sp³-hybridized carbons (Fsp3) is 0.100. The summed E-state index contributed by atoms with van der Waals surface area (Å²) < 4.78 is 1.95. The van der Waals surface area contributed by atoms with Crippen molar-refractivity contribution >= 4 is 39.9 Å². The Morgan fingerprint density at radius 2 is 1.77 bits per heavy atom. The summed E-state index contributed by atoms with van der Waals surface area (Å²) in [5, 5.41) is 5.38. The lowest BCUT2D eigenvalue weighted by Crippen LogP contribution is -1.98. The summed E-state index contributed by atoms with van der Waals surface area (Å²) in [7, 11) is 1.89. The molecule has 0 aliphatic carbocycles. The van der Waals surface area contributed by atoms with Gasteiger partial charge in [0.05, 0.1) is 16.8 Å². The van der Waals surface area contributed by atoms with E-state index in [0.717, 1.165) is 39.2 Å². The highest BCUT2D eigenvalue weighted by Gasteiger charge is 2.21. The van der Waals surface area contributed by atoms with Crippen molar-refractivity contribution in [1.29, 1.82) is 0 Å². The third-order valence-electron chi connectivity index (χ3n) is 4.41. The molecule has 0 atom stereocenters. The topological polar surface area (TPSA) is 42.7 Å². The van der Waals surface area contributed by atoms with Gasteiger partial charge in [0.2, 0.25) is 0 Å². The highest BCUT2D eigenvalue weighted by Crippen LogP contribution is 2.40. The van der Waals surface area contributed by atoms with E-state index in [1.54, 1.807) is 6.33 Å². The molecule has 0 bridgehead atoms. The standard InChI is InChI=1S/C20H16Cl2N4/c1-12-17-18(13-6-8-14(21)9-7-13)19(22)26(20(17)25-11-24-12)16-5-3-4-15(10-16)23-2/h3-11,23H,1-2H3. The zero-order chi connectivity index (χ0) is 18.3. The number of aryl methyl sites for hydroxylation is 1. The number of hydrogen-bond donors (Lipinski definition) is 1. The normalized spacial score (nSPS) is 11.1. The molecule has 4 nitrogen and oxygen atoms in total. The van der Waals surface area contributed by atoms with Gasteiger partial charge in [0.1, 0.15) is 17.1 Å². The first-order chi connectivity index (χ1) is 12.6. The second-order valence-electron chi connectivity index (χ2n) is 5.97. The molecule has 2 aromatic carbocycles. The summed E-state index contributed by atoms with van der Waals surface area (Å²) in [6.07, 6.45) is 1.57. The van der Waals surface area contributed by atoms with Gasteiger partial charge in [-0.1, -0.05) is 41.4 Å².